The lowest BCUT2D eigenvalue weighted by atomic mass is 9.62. The van der Waals surface area contributed by atoms with Crippen LogP contribution < -0.4 is 19.7 Å². The number of halogens is 1. The number of carbonyl (C=O) groups excluding carboxylic acids is 2. The molecule has 5 atom stereocenters. The van der Waals surface area contributed by atoms with Crippen LogP contribution in [0, 0.1) is 17.8 Å². The van der Waals surface area contributed by atoms with Crippen molar-refractivity contribution in [2.24, 2.45) is 17.8 Å². The zero-order valence-electron chi connectivity index (χ0n) is 26.5. The second kappa shape index (κ2) is 13.9. The van der Waals surface area contributed by atoms with E-state index < -0.39 is 26.8 Å². The molecule has 1 saturated carbocycles. The third-order valence-corrected chi connectivity index (χ3v) is 12.5. The molecule has 2 aromatic rings. The van der Waals surface area contributed by atoms with Crippen molar-refractivity contribution in [1.29, 1.82) is 0 Å². The number of hydrogen-bond acceptors (Lipinski definition) is 7. The molecule has 0 spiro atoms. The van der Waals surface area contributed by atoms with Gasteiger partial charge in [-0.3, -0.25) is 9.59 Å². The number of benzene rings is 2. The van der Waals surface area contributed by atoms with E-state index in [0.717, 1.165) is 43.2 Å². The van der Waals surface area contributed by atoms with Crippen LogP contribution in [-0.4, -0.2) is 56.3 Å². The predicted octanol–water partition coefficient (Wildman–Crippen LogP) is 5.22. The molecule has 0 radical (unpaired) electrons. The van der Waals surface area contributed by atoms with Crippen molar-refractivity contribution in [3.63, 3.8) is 0 Å². The van der Waals surface area contributed by atoms with E-state index in [0.29, 0.717) is 55.4 Å². The maximum atomic E-state index is 13.4. The van der Waals surface area contributed by atoms with Gasteiger partial charge in [0.25, 0.3) is 5.91 Å². The quantitative estimate of drug-likeness (QED) is 0.404. The number of amides is 2. The van der Waals surface area contributed by atoms with Crippen LogP contribution in [0.4, 0.5) is 5.69 Å². The first-order valence-corrected chi connectivity index (χ1v) is 18.1. The van der Waals surface area contributed by atoms with Gasteiger partial charge in [-0.15, -0.1) is 0 Å². The van der Waals surface area contributed by atoms with Crippen LogP contribution in [0.1, 0.15) is 86.7 Å². The molecule has 2 aromatic carbocycles. The molecule has 3 aliphatic rings. The maximum Gasteiger partial charge on any atom is 0.264 e. The van der Waals surface area contributed by atoms with Crippen LogP contribution >= 0.6 is 11.6 Å². The van der Waals surface area contributed by atoms with Crippen molar-refractivity contribution in [2.75, 3.05) is 25.0 Å². The summed E-state index contributed by atoms with van der Waals surface area (Å²) in [4.78, 5) is 28.2. The molecule has 0 unspecified atom stereocenters. The molecule has 0 aromatic heterocycles. The highest BCUT2D eigenvalue weighted by Gasteiger charge is 2.48. The summed E-state index contributed by atoms with van der Waals surface area (Å²) >= 11 is 6.32. The minimum Gasteiger partial charge on any atom is -0.487 e. The lowest BCUT2D eigenvalue weighted by Crippen LogP contribution is -2.52. The van der Waals surface area contributed by atoms with E-state index in [9.17, 15) is 23.1 Å². The van der Waals surface area contributed by atoms with E-state index in [2.05, 4.69) is 14.9 Å². The number of rotatable bonds is 2. The Labute approximate surface area is 272 Å². The van der Waals surface area contributed by atoms with Gasteiger partial charge in [-0.25, -0.2) is 13.1 Å². The fourth-order valence-corrected chi connectivity index (χ4v) is 8.69. The maximum absolute atomic E-state index is 13.4. The van der Waals surface area contributed by atoms with E-state index in [-0.39, 0.29) is 35.6 Å². The standard InChI is InChI=1S/C34H46ClN3O6S/c1-22-7-6-15-34(41,19-32(39)36-3)29-13-10-26(29)20-38-16-5-4-8-24-17-28(35)12-9-27(24)21-44-31-14-11-25(18-30(31)38)33(40)37-45(42,43)23(22)2/h9,11-12,14,17-18,22-23,26,29,41H,4-8,10,13,15-16,19-21H2,1-3H3,(H,36,39)(H,37,40)/t22-,23+,26-,29+,34+/m0/s1. The average molecular weight is 660 g/mol. The van der Waals surface area contributed by atoms with Crippen molar-refractivity contribution in [1.82, 2.24) is 10.0 Å². The smallest absolute Gasteiger partial charge is 0.264 e. The third-order valence-electron chi connectivity index (χ3n) is 10.3. The first-order chi connectivity index (χ1) is 21.4. The molecule has 2 heterocycles. The molecule has 9 nitrogen and oxygen atoms in total. The molecule has 45 heavy (non-hydrogen) atoms. The summed E-state index contributed by atoms with van der Waals surface area (Å²) in [5, 5.41) is 14.6. The number of carbonyl (C=O) groups is 2. The Kier molecular flexibility index (Phi) is 10.4. The summed E-state index contributed by atoms with van der Waals surface area (Å²) in [6.45, 7) is 5.08. The van der Waals surface area contributed by atoms with Crippen LogP contribution in [0.5, 0.6) is 5.75 Å². The van der Waals surface area contributed by atoms with Crippen LogP contribution in [0.2, 0.25) is 5.02 Å². The molecule has 246 valence electrons. The highest BCUT2D eigenvalue weighted by Crippen LogP contribution is 2.47. The monoisotopic (exact) mass is 659 g/mol. The Balaban J connectivity index is 1.56. The summed E-state index contributed by atoms with van der Waals surface area (Å²) in [6.07, 6.45) is 5.88. The number of ether oxygens (including phenoxy) is 1. The van der Waals surface area contributed by atoms with Crippen molar-refractivity contribution >= 4 is 39.1 Å². The number of sulfonamides is 1. The normalized spacial score (nSPS) is 29.0. The molecule has 2 amide bonds. The zero-order chi connectivity index (χ0) is 32.4. The molecule has 0 saturated heterocycles. The summed E-state index contributed by atoms with van der Waals surface area (Å²) in [5.74, 6) is -0.492. The number of nitrogens with zero attached hydrogens (tertiary/aromatic N) is 1. The Morgan fingerprint density at radius 1 is 1.11 bits per heavy atom. The first-order valence-electron chi connectivity index (χ1n) is 16.2. The summed E-state index contributed by atoms with van der Waals surface area (Å²) in [7, 11) is -2.40. The van der Waals surface area contributed by atoms with E-state index in [1.807, 2.05) is 25.1 Å². The third kappa shape index (κ3) is 7.60. The van der Waals surface area contributed by atoms with E-state index in [1.165, 1.54) is 0 Å². The number of aliphatic hydroxyl groups is 1. The van der Waals surface area contributed by atoms with Gasteiger partial charge in [0.15, 0.2) is 0 Å². The van der Waals surface area contributed by atoms with Gasteiger partial charge in [0, 0.05) is 30.7 Å². The fraction of sp³-hybridized carbons (Fsp3) is 0.588. The number of fused-ring (bicyclic) bond motifs is 3. The van der Waals surface area contributed by atoms with Crippen molar-refractivity contribution < 1.29 is 27.9 Å². The van der Waals surface area contributed by atoms with Gasteiger partial charge >= 0.3 is 0 Å². The molecule has 1 fully saturated rings. The molecule has 1 aliphatic carbocycles. The number of nitrogens with one attached hydrogen (secondary N) is 2. The number of anilines is 1. The van der Waals surface area contributed by atoms with Gasteiger partial charge in [0.1, 0.15) is 12.4 Å². The van der Waals surface area contributed by atoms with Crippen molar-refractivity contribution in [3.8, 4) is 5.75 Å². The summed E-state index contributed by atoms with van der Waals surface area (Å²) < 4.78 is 35.3. The molecule has 5 rings (SSSR count). The Hall–Kier alpha value is -2.82. The second-order valence-corrected chi connectivity index (χ2v) is 15.7. The highest BCUT2D eigenvalue weighted by atomic mass is 35.5. The largest absolute Gasteiger partial charge is 0.487 e. The lowest BCUT2D eigenvalue weighted by Gasteiger charge is -2.49. The van der Waals surface area contributed by atoms with E-state index >= 15 is 0 Å². The molecule has 11 heteroatoms. The Morgan fingerprint density at radius 2 is 1.91 bits per heavy atom. The highest BCUT2D eigenvalue weighted by molar-refractivity contribution is 7.90. The Bertz CT molecular complexity index is 1520. The predicted molar refractivity (Wildman–Crippen MR) is 176 cm³/mol. The van der Waals surface area contributed by atoms with Crippen molar-refractivity contribution in [3.05, 3.63) is 58.1 Å². The lowest BCUT2D eigenvalue weighted by molar-refractivity contribution is -0.136. The number of aryl methyl sites for hydroxylation is 1. The van der Waals surface area contributed by atoms with Gasteiger partial charge < -0.3 is 20.1 Å². The van der Waals surface area contributed by atoms with Gasteiger partial charge in [0.2, 0.25) is 15.9 Å². The molecule has 3 N–H and O–H groups in total. The molecular formula is C34H46ClN3O6S. The zero-order valence-corrected chi connectivity index (χ0v) is 28.1. The first kappa shape index (κ1) is 33.5. The second-order valence-electron chi connectivity index (χ2n) is 13.2. The van der Waals surface area contributed by atoms with Gasteiger partial charge in [-0.05, 0) is 111 Å². The Morgan fingerprint density at radius 3 is 2.64 bits per heavy atom. The fourth-order valence-electron chi connectivity index (χ4n) is 7.18. The van der Waals surface area contributed by atoms with Crippen LogP contribution in [0.15, 0.2) is 36.4 Å². The van der Waals surface area contributed by atoms with Crippen LogP contribution in [0.25, 0.3) is 0 Å². The minimum absolute atomic E-state index is 0.00756. The summed E-state index contributed by atoms with van der Waals surface area (Å²) in [6, 6.07) is 10.9. The molecule has 2 bridgehead atoms. The number of hydrogen-bond donors (Lipinski definition) is 3. The SMILES string of the molecule is CNC(=O)C[C@]1(O)CCC[C@H](C)[C@@H](C)S(=O)(=O)NC(=O)c2ccc3c(c2)N(CCCCc2cc(Cl)ccc2CO3)C[C@@H]2CC[C@H]21. The molecule has 2 aliphatic heterocycles. The average Bonchev–Trinajstić information content (AvgIpc) is 3.01. The minimum atomic E-state index is -3.98. The molecular weight excluding hydrogens is 614 g/mol. The van der Waals surface area contributed by atoms with Crippen molar-refractivity contribution in [2.45, 2.75) is 89.1 Å². The van der Waals surface area contributed by atoms with Crippen LogP contribution in [-0.2, 0) is 27.8 Å². The van der Waals surface area contributed by atoms with Crippen LogP contribution in [0.3, 0.4) is 0 Å². The van der Waals surface area contributed by atoms with Gasteiger partial charge in [0.05, 0.1) is 23.0 Å². The van der Waals surface area contributed by atoms with E-state index in [4.69, 9.17) is 16.3 Å². The van der Waals surface area contributed by atoms with Gasteiger partial charge in [-0.1, -0.05) is 31.0 Å². The topological polar surface area (TPSA) is 125 Å². The van der Waals surface area contributed by atoms with Gasteiger partial charge in [-0.2, -0.15) is 0 Å². The van der Waals surface area contributed by atoms with E-state index in [1.54, 1.807) is 32.2 Å². The summed E-state index contributed by atoms with van der Waals surface area (Å²) in [5.41, 5.74) is 1.94.